The number of hydrogen-bond donors (Lipinski definition) is 3. The molecule has 0 saturated heterocycles. The molecule has 0 aromatic heterocycles. The average molecular weight is 223 g/mol. The summed E-state index contributed by atoms with van der Waals surface area (Å²) in [7, 11) is 0. The highest BCUT2D eigenvalue weighted by molar-refractivity contribution is 5.82. The number of allylic oxidation sites excluding steroid dienone is 2. The Kier molecular flexibility index (Phi) is 6.76. The standard InChI is InChI=1S/C12H21N3O/c1-5-16-10(4)11(8-13)12(14)15-7-6-9(2)3/h6-9,13,15H,4-5,14H2,1-3H3/b7-6-,12-11+,13-8?. The Hall–Kier alpha value is -1.71. The van der Waals surface area contributed by atoms with Gasteiger partial charge in [-0.1, -0.05) is 26.5 Å². The summed E-state index contributed by atoms with van der Waals surface area (Å²) in [6.45, 7) is 10.2. The molecular formula is C12H21N3O. The van der Waals surface area contributed by atoms with Crippen molar-refractivity contribution in [2.75, 3.05) is 6.61 Å². The van der Waals surface area contributed by atoms with E-state index in [1.807, 2.05) is 13.0 Å². The lowest BCUT2D eigenvalue weighted by Crippen LogP contribution is -2.19. The van der Waals surface area contributed by atoms with E-state index in [2.05, 4.69) is 25.7 Å². The van der Waals surface area contributed by atoms with E-state index in [9.17, 15) is 0 Å². The predicted molar refractivity (Wildman–Crippen MR) is 67.9 cm³/mol. The molecule has 0 fully saturated rings. The van der Waals surface area contributed by atoms with Gasteiger partial charge in [0.25, 0.3) is 0 Å². The first-order chi connectivity index (χ1) is 7.52. The van der Waals surface area contributed by atoms with Crippen molar-refractivity contribution >= 4 is 6.21 Å². The van der Waals surface area contributed by atoms with E-state index < -0.39 is 0 Å². The number of nitrogens with one attached hydrogen (secondary N) is 2. The van der Waals surface area contributed by atoms with Crippen LogP contribution in [0.2, 0.25) is 0 Å². The van der Waals surface area contributed by atoms with Gasteiger partial charge in [0.1, 0.15) is 11.6 Å². The topological polar surface area (TPSA) is 71.1 Å². The van der Waals surface area contributed by atoms with Crippen molar-refractivity contribution in [2.24, 2.45) is 11.7 Å². The van der Waals surface area contributed by atoms with Gasteiger partial charge in [0.2, 0.25) is 0 Å². The van der Waals surface area contributed by atoms with E-state index in [1.165, 1.54) is 0 Å². The van der Waals surface area contributed by atoms with Crippen LogP contribution in [0.15, 0.2) is 36.0 Å². The van der Waals surface area contributed by atoms with Gasteiger partial charge in [0.05, 0.1) is 12.2 Å². The first-order valence-electron chi connectivity index (χ1n) is 5.28. The SMILES string of the molecule is C=C(OCC)/C(C=N)=C(\N)N/C=C\C(C)C. The molecule has 0 aliphatic rings. The number of ether oxygens (including phenoxy) is 1. The Labute approximate surface area is 97.4 Å². The molecule has 4 N–H and O–H groups in total. The Bertz CT molecular complexity index is 303. The van der Waals surface area contributed by atoms with Crippen LogP contribution in [0.25, 0.3) is 0 Å². The number of hydrogen-bond acceptors (Lipinski definition) is 4. The van der Waals surface area contributed by atoms with Crippen molar-refractivity contribution < 1.29 is 4.74 Å². The summed E-state index contributed by atoms with van der Waals surface area (Å²) >= 11 is 0. The smallest absolute Gasteiger partial charge is 0.124 e. The second-order valence-corrected chi connectivity index (χ2v) is 3.58. The second kappa shape index (κ2) is 7.56. The Morgan fingerprint density at radius 1 is 1.56 bits per heavy atom. The summed E-state index contributed by atoms with van der Waals surface area (Å²) in [5, 5.41) is 10.1. The van der Waals surface area contributed by atoms with Gasteiger partial charge >= 0.3 is 0 Å². The average Bonchev–Trinajstić information content (AvgIpc) is 2.18. The van der Waals surface area contributed by atoms with Crippen LogP contribution >= 0.6 is 0 Å². The monoisotopic (exact) mass is 223 g/mol. The normalized spacial score (nSPS) is 12.5. The second-order valence-electron chi connectivity index (χ2n) is 3.58. The fraction of sp³-hybridized carbons (Fsp3) is 0.417. The number of nitrogens with two attached hydrogens (primary N) is 1. The van der Waals surface area contributed by atoms with Crippen molar-refractivity contribution in [3.8, 4) is 0 Å². The Morgan fingerprint density at radius 2 is 2.19 bits per heavy atom. The van der Waals surface area contributed by atoms with Gasteiger partial charge in [-0.3, -0.25) is 0 Å². The van der Waals surface area contributed by atoms with Crippen LogP contribution < -0.4 is 11.1 Å². The third-order valence-corrected chi connectivity index (χ3v) is 1.77. The highest BCUT2D eigenvalue weighted by Gasteiger charge is 2.05. The van der Waals surface area contributed by atoms with Crippen molar-refractivity contribution in [1.29, 1.82) is 5.41 Å². The molecule has 4 heteroatoms. The molecule has 0 spiro atoms. The van der Waals surface area contributed by atoms with Crippen molar-refractivity contribution in [3.05, 3.63) is 36.0 Å². The largest absolute Gasteiger partial charge is 0.494 e. The first-order valence-corrected chi connectivity index (χ1v) is 5.28. The molecule has 0 heterocycles. The number of rotatable bonds is 7. The molecule has 0 atom stereocenters. The zero-order valence-electron chi connectivity index (χ0n) is 10.2. The third-order valence-electron chi connectivity index (χ3n) is 1.77. The molecule has 0 aliphatic heterocycles. The fourth-order valence-electron chi connectivity index (χ4n) is 0.969. The molecule has 0 amide bonds. The lowest BCUT2D eigenvalue weighted by molar-refractivity contribution is 0.241. The van der Waals surface area contributed by atoms with Gasteiger partial charge in [-0.05, 0) is 19.0 Å². The summed E-state index contributed by atoms with van der Waals surface area (Å²) in [4.78, 5) is 0. The summed E-state index contributed by atoms with van der Waals surface area (Å²) < 4.78 is 5.20. The molecule has 0 saturated carbocycles. The molecular weight excluding hydrogens is 202 g/mol. The summed E-state index contributed by atoms with van der Waals surface area (Å²) in [5.74, 6) is 1.21. The van der Waals surface area contributed by atoms with Crippen LogP contribution in [0, 0.1) is 11.3 Å². The molecule has 0 rings (SSSR count). The third kappa shape index (κ3) is 5.24. The van der Waals surface area contributed by atoms with Gasteiger partial charge < -0.3 is 21.2 Å². The highest BCUT2D eigenvalue weighted by Crippen LogP contribution is 2.08. The molecule has 4 nitrogen and oxygen atoms in total. The van der Waals surface area contributed by atoms with Gasteiger partial charge in [0.15, 0.2) is 0 Å². The molecule has 0 aliphatic carbocycles. The molecule has 0 unspecified atom stereocenters. The highest BCUT2D eigenvalue weighted by atomic mass is 16.5. The van der Waals surface area contributed by atoms with Crippen molar-refractivity contribution in [2.45, 2.75) is 20.8 Å². The molecule has 90 valence electrons. The zero-order chi connectivity index (χ0) is 12.6. The maximum absolute atomic E-state index is 7.25. The van der Waals surface area contributed by atoms with E-state index in [4.69, 9.17) is 15.9 Å². The van der Waals surface area contributed by atoms with Crippen molar-refractivity contribution in [1.82, 2.24) is 5.32 Å². The minimum absolute atomic E-state index is 0.366. The fourth-order valence-corrected chi connectivity index (χ4v) is 0.969. The lowest BCUT2D eigenvalue weighted by atomic mass is 10.2. The summed E-state index contributed by atoms with van der Waals surface area (Å²) in [5.41, 5.74) is 6.24. The van der Waals surface area contributed by atoms with Crippen molar-refractivity contribution in [3.63, 3.8) is 0 Å². The van der Waals surface area contributed by atoms with Gasteiger partial charge in [-0.2, -0.15) is 0 Å². The summed E-state index contributed by atoms with van der Waals surface area (Å²) in [6.07, 6.45) is 4.85. The van der Waals surface area contributed by atoms with Crippen LogP contribution in [-0.2, 0) is 4.74 Å². The van der Waals surface area contributed by atoms with E-state index in [0.29, 0.717) is 29.7 Å². The van der Waals surface area contributed by atoms with Crippen LogP contribution in [0.3, 0.4) is 0 Å². The predicted octanol–water partition coefficient (Wildman–Crippen LogP) is 2.12. The zero-order valence-corrected chi connectivity index (χ0v) is 10.2. The quantitative estimate of drug-likeness (QED) is 0.352. The van der Waals surface area contributed by atoms with Gasteiger partial charge in [0, 0.05) is 6.21 Å². The first kappa shape index (κ1) is 14.3. The minimum Gasteiger partial charge on any atom is -0.494 e. The van der Waals surface area contributed by atoms with Crippen LogP contribution in [-0.4, -0.2) is 12.8 Å². The molecule has 0 radical (unpaired) electrons. The molecule has 16 heavy (non-hydrogen) atoms. The molecule has 0 bridgehead atoms. The van der Waals surface area contributed by atoms with Crippen LogP contribution in [0.5, 0.6) is 0 Å². The minimum atomic E-state index is 0.366. The maximum atomic E-state index is 7.25. The summed E-state index contributed by atoms with van der Waals surface area (Å²) in [6, 6.07) is 0. The van der Waals surface area contributed by atoms with E-state index in [0.717, 1.165) is 6.21 Å². The Morgan fingerprint density at radius 3 is 2.62 bits per heavy atom. The van der Waals surface area contributed by atoms with E-state index >= 15 is 0 Å². The van der Waals surface area contributed by atoms with E-state index in [1.54, 1.807) is 6.20 Å². The molecule has 0 aromatic carbocycles. The lowest BCUT2D eigenvalue weighted by Gasteiger charge is -2.10. The van der Waals surface area contributed by atoms with E-state index in [-0.39, 0.29) is 0 Å². The van der Waals surface area contributed by atoms with Crippen LogP contribution in [0.4, 0.5) is 0 Å². The molecule has 0 aromatic rings. The van der Waals surface area contributed by atoms with Crippen LogP contribution in [0.1, 0.15) is 20.8 Å². The Balaban J connectivity index is 4.61. The maximum Gasteiger partial charge on any atom is 0.124 e. The van der Waals surface area contributed by atoms with Gasteiger partial charge in [-0.15, -0.1) is 0 Å². The van der Waals surface area contributed by atoms with Gasteiger partial charge in [-0.25, -0.2) is 0 Å².